The summed E-state index contributed by atoms with van der Waals surface area (Å²) in [4.78, 5) is 10.9. The minimum absolute atomic E-state index is 0.133. The largest absolute Gasteiger partial charge is 0.393 e. The van der Waals surface area contributed by atoms with Crippen LogP contribution in [0.1, 0.15) is 6.23 Å². The Morgan fingerprint density at radius 3 is 3.15 bits per heavy atom. The number of rotatable bonds is 2. The number of nitrogens with one attached hydrogen (secondary N) is 2. The molecule has 2 aromatic rings. The molecule has 0 unspecified atom stereocenters. The van der Waals surface area contributed by atoms with Gasteiger partial charge in [0.15, 0.2) is 17.4 Å². The van der Waals surface area contributed by atoms with Crippen molar-refractivity contribution >= 4 is 11.2 Å². The highest BCUT2D eigenvalue weighted by molar-refractivity contribution is 5.67. The van der Waals surface area contributed by atoms with Crippen molar-refractivity contribution in [3.8, 4) is 0 Å². The summed E-state index contributed by atoms with van der Waals surface area (Å²) >= 11 is 0. The Kier molecular flexibility index (Phi) is 2.31. The monoisotopic (exact) mass is 279 g/mol. The van der Waals surface area contributed by atoms with Crippen LogP contribution in [-0.4, -0.2) is 60.8 Å². The van der Waals surface area contributed by atoms with Crippen molar-refractivity contribution in [2.75, 3.05) is 13.2 Å². The number of hydrogen-bond donors (Lipinski definition) is 4. The minimum atomic E-state index is -1.11. The molecule has 0 spiro atoms. The average molecular weight is 279 g/mol. The summed E-state index contributed by atoms with van der Waals surface area (Å²) in [6, 6.07) is 0. The van der Waals surface area contributed by atoms with Gasteiger partial charge < -0.3 is 24.7 Å². The SMILES string of the molecule is N=c1c2[nH]cnc2ncn1[C@@H]1O[C@@]2(CO)CO[C@@H]1[C@@H]2O. The van der Waals surface area contributed by atoms with Crippen LogP contribution in [0.15, 0.2) is 12.7 Å². The zero-order valence-corrected chi connectivity index (χ0v) is 10.4. The Labute approximate surface area is 112 Å². The van der Waals surface area contributed by atoms with Gasteiger partial charge in [0.1, 0.15) is 29.7 Å². The fourth-order valence-corrected chi connectivity index (χ4v) is 2.81. The molecule has 2 aliphatic heterocycles. The molecule has 2 fully saturated rings. The van der Waals surface area contributed by atoms with Gasteiger partial charge in [-0.15, -0.1) is 0 Å². The first-order valence-corrected chi connectivity index (χ1v) is 6.19. The standard InChI is InChI=1S/C11H13N5O4/c12-8-5-9(14-3-13-5)15-4-16(8)10-6-7(18)11(1-17,20-10)2-19-6/h3-4,6-7,10,12,17-18H,1-2H2,(H,13,14)/t6-,7+,10-,11+/m1/s1. The summed E-state index contributed by atoms with van der Waals surface area (Å²) in [6.07, 6.45) is 0.638. The molecule has 4 heterocycles. The Morgan fingerprint density at radius 2 is 2.40 bits per heavy atom. The van der Waals surface area contributed by atoms with Gasteiger partial charge in [0.2, 0.25) is 0 Å². The third-order valence-corrected chi connectivity index (χ3v) is 3.97. The summed E-state index contributed by atoms with van der Waals surface area (Å²) < 4.78 is 12.7. The minimum Gasteiger partial charge on any atom is -0.393 e. The van der Waals surface area contributed by atoms with Crippen molar-refractivity contribution in [2.24, 2.45) is 0 Å². The Hall–Kier alpha value is -1.81. The summed E-state index contributed by atoms with van der Waals surface area (Å²) in [7, 11) is 0. The first-order valence-electron chi connectivity index (χ1n) is 6.19. The molecule has 4 atom stereocenters. The molecule has 0 aliphatic carbocycles. The summed E-state index contributed by atoms with van der Waals surface area (Å²) in [5.41, 5.74) is -0.0642. The van der Waals surface area contributed by atoms with Crippen molar-refractivity contribution in [1.29, 1.82) is 5.41 Å². The van der Waals surface area contributed by atoms with E-state index in [0.29, 0.717) is 11.2 Å². The molecule has 2 aliphatic rings. The number of aromatic nitrogens is 4. The predicted molar refractivity (Wildman–Crippen MR) is 63.4 cm³/mol. The van der Waals surface area contributed by atoms with E-state index in [4.69, 9.17) is 14.9 Å². The van der Waals surface area contributed by atoms with Crippen LogP contribution < -0.4 is 5.49 Å². The van der Waals surface area contributed by atoms with E-state index in [0.717, 1.165) is 0 Å². The maximum absolute atomic E-state index is 10.1. The zero-order valence-electron chi connectivity index (χ0n) is 10.4. The van der Waals surface area contributed by atoms with Crippen LogP contribution >= 0.6 is 0 Å². The molecule has 4 rings (SSSR count). The lowest BCUT2D eigenvalue weighted by molar-refractivity contribution is -0.187. The Bertz CT molecular complexity index is 727. The predicted octanol–water partition coefficient (Wildman–Crippen LogP) is -1.74. The molecule has 0 saturated carbocycles. The summed E-state index contributed by atoms with van der Waals surface area (Å²) in [5, 5.41) is 27.7. The van der Waals surface area contributed by atoms with E-state index in [-0.39, 0.29) is 18.7 Å². The number of ether oxygens (including phenoxy) is 2. The number of aromatic amines is 1. The maximum Gasteiger partial charge on any atom is 0.182 e. The molecule has 9 nitrogen and oxygen atoms in total. The molecule has 0 amide bonds. The number of aliphatic hydroxyl groups is 2. The van der Waals surface area contributed by atoms with Crippen molar-refractivity contribution in [2.45, 2.75) is 24.0 Å². The van der Waals surface area contributed by atoms with Gasteiger partial charge in [0, 0.05) is 0 Å². The normalized spacial score (nSPS) is 36.0. The van der Waals surface area contributed by atoms with Gasteiger partial charge in [-0.3, -0.25) is 9.98 Å². The quantitative estimate of drug-likeness (QED) is 0.516. The third kappa shape index (κ3) is 1.32. The second kappa shape index (κ2) is 3.85. The van der Waals surface area contributed by atoms with E-state index in [9.17, 15) is 10.2 Å². The molecule has 2 aromatic heterocycles. The molecule has 0 aromatic carbocycles. The lowest BCUT2D eigenvalue weighted by atomic mass is 10.0. The number of nitrogens with zero attached hydrogens (tertiary/aromatic N) is 3. The van der Waals surface area contributed by atoms with Gasteiger partial charge in [0.05, 0.1) is 19.5 Å². The fourth-order valence-electron chi connectivity index (χ4n) is 2.81. The van der Waals surface area contributed by atoms with Crippen molar-refractivity contribution < 1.29 is 19.7 Å². The van der Waals surface area contributed by atoms with Crippen LogP contribution in [-0.2, 0) is 9.47 Å². The van der Waals surface area contributed by atoms with E-state index in [2.05, 4.69) is 15.0 Å². The lowest BCUT2D eigenvalue weighted by Gasteiger charge is -2.29. The van der Waals surface area contributed by atoms with Gasteiger partial charge in [-0.25, -0.2) is 9.97 Å². The Morgan fingerprint density at radius 1 is 1.55 bits per heavy atom. The van der Waals surface area contributed by atoms with E-state index in [1.54, 1.807) is 0 Å². The highest BCUT2D eigenvalue weighted by atomic mass is 16.7. The van der Waals surface area contributed by atoms with Gasteiger partial charge in [-0.05, 0) is 0 Å². The first kappa shape index (κ1) is 12.0. The molecular weight excluding hydrogens is 266 g/mol. The van der Waals surface area contributed by atoms with Crippen LogP contribution in [0, 0.1) is 5.41 Å². The summed E-state index contributed by atoms with van der Waals surface area (Å²) in [6.45, 7) is -0.200. The molecule has 106 valence electrons. The molecule has 4 N–H and O–H groups in total. The van der Waals surface area contributed by atoms with Gasteiger partial charge in [-0.1, -0.05) is 0 Å². The maximum atomic E-state index is 10.1. The van der Waals surface area contributed by atoms with Crippen molar-refractivity contribution in [3.05, 3.63) is 18.1 Å². The van der Waals surface area contributed by atoms with E-state index in [1.165, 1.54) is 17.2 Å². The molecule has 9 heteroatoms. The number of aliphatic hydroxyl groups excluding tert-OH is 2. The molecule has 2 saturated heterocycles. The van der Waals surface area contributed by atoms with E-state index < -0.39 is 24.0 Å². The molecule has 2 bridgehead atoms. The number of imidazole rings is 1. The lowest BCUT2D eigenvalue weighted by Crippen LogP contribution is -2.44. The highest BCUT2D eigenvalue weighted by Gasteiger charge is 2.61. The van der Waals surface area contributed by atoms with Gasteiger partial charge >= 0.3 is 0 Å². The van der Waals surface area contributed by atoms with Gasteiger partial charge in [0.25, 0.3) is 0 Å². The fraction of sp³-hybridized carbons (Fsp3) is 0.545. The van der Waals surface area contributed by atoms with E-state index in [1.807, 2.05) is 0 Å². The van der Waals surface area contributed by atoms with Crippen LogP contribution in [0.5, 0.6) is 0 Å². The van der Waals surface area contributed by atoms with Crippen LogP contribution in [0.2, 0.25) is 0 Å². The van der Waals surface area contributed by atoms with E-state index >= 15 is 0 Å². The first-order chi connectivity index (χ1) is 9.66. The number of fused-ring (bicyclic) bond motifs is 3. The zero-order chi connectivity index (χ0) is 13.9. The molecule has 0 radical (unpaired) electrons. The number of H-pyrrole nitrogens is 1. The smallest absolute Gasteiger partial charge is 0.182 e. The number of hydrogen-bond acceptors (Lipinski definition) is 7. The van der Waals surface area contributed by atoms with Crippen LogP contribution in [0.3, 0.4) is 0 Å². The Balaban J connectivity index is 1.81. The van der Waals surface area contributed by atoms with Crippen LogP contribution in [0.4, 0.5) is 0 Å². The highest BCUT2D eigenvalue weighted by Crippen LogP contribution is 2.44. The molecular formula is C11H13N5O4. The average Bonchev–Trinajstić information content (AvgIpc) is 3.13. The molecule has 20 heavy (non-hydrogen) atoms. The third-order valence-electron chi connectivity index (χ3n) is 3.97. The van der Waals surface area contributed by atoms with Crippen molar-refractivity contribution in [1.82, 2.24) is 19.5 Å². The second-order valence-electron chi connectivity index (χ2n) is 5.05. The van der Waals surface area contributed by atoms with Crippen LogP contribution in [0.25, 0.3) is 11.2 Å². The summed E-state index contributed by atoms with van der Waals surface area (Å²) in [5.74, 6) is 0. The van der Waals surface area contributed by atoms with Gasteiger partial charge in [-0.2, -0.15) is 0 Å². The topological polar surface area (TPSA) is 129 Å². The second-order valence-corrected chi connectivity index (χ2v) is 5.05. The van der Waals surface area contributed by atoms with Crippen molar-refractivity contribution in [3.63, 3.8) is 0 Å².